The first-order valence-corrected chi connectivity index (χ1v) is 10.0. The Morgan fingerprint density at radius 3 is 2.76 bits per heavy atom. The zero-order valence-corrected chi connectivity index (χ0v) is 16.5. The van der Waals surface area contributed by atoms with Gasteiger partial charge in [0, 0.05) is 31.9 Å². The largest absolute Gasteiger partial charge is 0.410 e. The van der Waals surface area contributed by atoms with Crippen molar-refractivity contribution in [3.8, 4) is 0 Å². The predicted octanol–water partition coefficient (Wildman–Crippen LogP) is 3.68. The number of fused-ring (bicyclic) bond motifs is 1. The van der Waals surface area contributed by atoms with E-state index >= 15 is 0 Å². The van der Waals surface area contributed by atoms with Gasteiger partial charge < -0.3 is 10.2 Å². The van der Waals surface area contributed by atoms with Crippen LogP contribution in [0.2, 0.25) is 0 Å². The van der Waals surface area contributed by atoms with Gasteiger partial charge in [0.15, 0.2) is 6.04 Å². The highest BCUT2D eigenvalue weighted by atomic mass is 19.4. The van der Waals surface area contributed by atoms with Gasteiger partial charge in [0.05, 0.1) is 11.7 Å². The van der Waals surface area contributed by atoms with Crippen LogP contribution in [0.15, 0.2) is 18.3 Å². The number of carbonyl (C=O) groups is 1. The van der Waals surface area contributed by atoms with E-state index in [0.29, 0.717) is 36.6 Å². The molecule has 1 N–H and O–H groups in total. The molecule has 4 heterocycles. The maximum atomic E-state index is 13.6. The summed E-state index contributed by atoms with van der Waals surface area (Å²) in [5, 5.41) is 11.7. The van der Waals surface area contributed by atoms with Crippen LogP contribution in [0.1, 0.15) is 67.3 Å². The maximum Gasteiger partial charge on any atom is 0.410 e. The van der Waals surface area contributed by atoms with Crippen LogP contribution in [0.3, 0.4) is 0 Å². The first kappa shape index (κ1) is 19.8. The molecule has 7 nitrogen and oxygen atoms in total. The van der Waals surface area contributed by atoms with Crippen molar-refractivity contribution in [2.75, 3.05) is 11.9 Å². The quantitative estimate of drug-likeness (QED) is 0.838. The van der Waals surface area contributed by atoms with E-state index < -0.39 is 12.2 Å². The summed E-state index contributed by atoms with van der Waals surface area (Å²) in [6.45, 7) is 2.41. The number of rotatable bonds is 3. The number of halogens is 3. The molecule has 158 valence electrons. The summed E-state index contributed by atoms with van der Waals surface area (Å²) in [6.07, 6.45) is 0.295. The summed E-state index contributed by atoms with van der Waals surface area (Å²) in [5.41, 5.74) is 0.836. The van der Waals surface area contributed by atoms with Crippen molar-refractivity contribution in [1.82, 2.24) is 24.5 Å². The molecule has 4 rings (SSSR count). The Balaban J connectivity index is 1.67. The van der Waals surface area contributed by atoms with Gasteiger partial charge in [-0.1, -0.05) is 6.92 Å². The molecule has 0 spiro atoms. The van der Waals surface area contributed by atoms with Gasteiger partial charge in [0.25, 0.3) is 5.91 Å². The van der Waals surface area contributed by atoms with Crippen LogP contribution in [0.5, 0.6) is 0 Å². The minimum Gasteiger partial charge on any atom is -0.367 e. The maximum absolute atomic E-state index is 13.6. The highest BCUT2D eigenvalue weighted by Gasteiger charge is 2.46. The van der Waals surface area contributed by atoms with Gasteiger partial charge in [-0.3, -0.25) is 9.48 Å². The minimum absolute atomic E-state index is 0.0463. The number of aryl methyl sites for hydroxylation is 1. The second-order valence-corrected chi connectivity index (χ2v) is 7.83. The van der Waals surface area contributed by atoms with Crippen LogP contribution in [-0.2, 0) is 7.05 Å². The van der Waals surface area contributed by atoms with Crippen molar-refractivity contribution in [3.63, 3.8) is 0 Å². The van der Waals surface area contributed by atoms with Crippen LogP contribution in [0.4, 0.5) is 19.0 Å². The predicted molar refractivity (Wildman–Crippen MR) is 100 cm³/mol. The van der Waals surface area contributed by atoms with E-state index in [4.69, 9.17) is 0 Å². The molecule has 1 fully saturated rings. The summed E-state index contributed by atoms with van der Waals surface area (Å²) in [5.74, 6) is 0.157. The van der Waals surface area contributed by atoms with E-state index in [-0.39, 0.29) is 24.4 Å². The number of hydrogen-bond donors (Lipinski definition) is 1. The van der Waals surface area contributed by atoms with Crippen molar-refractivity contribution in [2.24, 2.45) is 7.05 Å². The summed E-state index contributed by atoms with van der Waals surface area (Å²) in [7, 11) is 1.74. The first-order valence-electron chi connectivity index (χ1n) is 10.0. The Morgan fingerprint density at radius 1 is 1.31 bits per heavy atom. The second kappa shape index (κ2) is 7.38. The third kappa shape index (κ3) is 3.72. The van der Waals surface area contributed by atoms with Crippen molar-refractivity contribution in [2.45, 2.75) is 63.3 Å². The highest BCUT2D eigenvalue weighted by molar-refractivity contribution is 5.92. The summed E-state index contributed by atoms with van der Waals surface area (Å²) < 4.78 is 43.6. The van der Waals surface area contributed by atoms with E-state index in [2.05, 4.69) is 15.5 Å². The second-order valence-electron chi connectivity index (χ2n) is 7.83. The smallest absolute Gasteiger partial charge is 0.367 e. The molecule has 0 unspecified atom stereocenters. The molecule has 0 aromatic carbocycles. The van der Waals surface area contributed by atoms with Crippen molar-refractivity contribution in [3.05, 3.63) is 29.7 Å². The van der Waals surface area contributed by atoms with Gasteiger partial charge in [-0.2, -0.15) is 23.4 Å². The molecule has 0 bridgehead atoms. The number of carbonyl (C=O) groups excluding carboxylic acids is 1. The van der Waals surface area contributed by atoms with Crippen LogP contribution in [-0.4, -0.2) is 49.1 Å². The zero-order valence-electron chi connectivity index (χ0n) is 16.5. The number of piperidine rings is 1. The average molecular weight is 410 g/mol. The molecule has 2 aliphatic heterocycles. The molecule has 0 saturated carbocycles. The lowest BCUT2D eigenvalue weighted by Crippen LogP contribution is -2.40. The van der Waals surface area contributed by atoms with Gasteiger partial charge >= 0.3 is 6.18 Å². The minimum atomic E-state index is -4.37. The summed E-state index contributed by atoms with van der Waals surface area (Å²) in [4.78, 5) is 14.7. The molecular weight excluding hydrogens is 385 g/mol. The third-order valence-corrected chi connectivity index (χ3v) is 5.82. The molecule has 2 aromatic heterocycles. The number of anilines is 1. The molecule has 29 heavy (non-hydrogen) atoms. The number of alkyl halides is 3. The van der Waals surface area contributed by atoms with Crippen LogP contribution >= 0.6 is 0 Å². The highest BCUT2D eigenvalue weighted by Crippen LogP contribution is 2.42. The lowest BCUT2D eigenvalue weighted by molar-refractivity contribution is -0.173. The number of likely N-dealkylation sites (tertiary alicyclic amines) is 1. The Morgan fingerprint density at radius 2 is 2.10 bits per heavy atom. The monoisotopic (exact) mass is 410 g/mol. The Hall–Kier alpha value is -2.52. The van der Waals surface area contributed by atoms with Gasteiger partial charge in [-0.15, -0.1) is 0 Å². The Labute approximate surface area is 166 Å². The molecule has 0 radical (unpaired) electrons. The average Bonchev–Trinajstić information content (AvgIpc) is 3.31. The number of aromatic nitrogens is 4. The molecule has 2 aliphatic rings. The standard InChI is InChI=1S/C19H25F3N6O/c1-3-12-10-16(19(20,21)22)28-17(23-12)11-14(25-28)15-6-4-5-8-27(15)18(29)13-7-9-26(2)24-13/h7,9,11-12,15-16,23H,3-6,8,10H2,1-2H3/t12-,15-,16-/m1/s1. The van der Waals surface area contributed by atoms with Crippen molar-refractivity contribution >= 4 is 11.7 Å². The van der Waals surface area contributed by atoms with Gasteiger partial charge in [0.2, 0.25) is 0 Å². The molecule has 1 amide bonds. The molecule has 0 aliphatic carbocycles. The van der Waals surface area contributed by atoms with E-state index in [1.165, 1.54) is 0 Å². The Bertz CT molecular complexity index is 889. The number of nitrogens with zero attached hydrogens (tertiary/aromatic N) is 5. The summed E-state index contributed by atoms with van der Waals surface area (Å²) in [6, 6.07) is 1.07. The molecule has 3 atom stereocenters. The fraction of sp³-hybridized carbons (Fsp3) is 0.632. The van der Waals surface area contributed by atoms with Crippen LogP contribution < -0.4 is 5.32 Å². The SMILES string of the molecule is CC[C@@H]1C[C@H](C(F)(F)F)n2nc([C@H]3CCCCN3C(=O)c3ccn(C)n3)cc2N1. The number of nitrogens with one attached hydrogen (secondary N) is 1. The Kier molecular flexibility index (Phi) is 5.04. The zero-order chi connectivity index (χ0) is 20.8. The van der Waals surface area contributed by atoms with Crippen LogP contribution in [0.25, 0.3) is 0 Å². The fourth-order valence-corrected chi connectivity index (χ4v) is 4.26. The first-order chi connectivity index (χ1) is 13.8. The lowest BCUT2D eigenvalue weighted by Gasteiger charge is -2.34. The van der Waals surface area contributed by atoms with Crippen molar-refractivity contribution in [1.29, 1.82) is 0 Å². The molecule has 2 aromatic rings. The van der Waals surface area contributed by atoms with Crippen LogP contribution in [0, 0.1) is 0 Å². The lowest BCUT2D eigenvalue weighted by atomic mass is 9.98. The molecule has 1 saturated heterocycles. The number of hydrogen-bond acceptors (Lipinski definition) is 4. The van der Waals surface area contributed by atoms with E-state index in [1.807, 2.05) is 6.92 Å². The topological polar surface area (TPSA) is 68.0 Å². The van der Waals surface area contributed by atoms with Gasteiger partial charge in [-0.25, -0.2) is 4.68 Å². The molecular formula is C19H25F3N6O. The third-order valence-electron chi connectivity index (χ3n) is 5.82. The van der Waals surface area contributed by atoms with E-state index in [9.17, 15) is 18.0 Å². The van der Waals surface area contributed by atoms with Gasteiger partial charge in [-0.05, 0) is 38.2 Å². The van der Waals surface area contributed by atoms with E-state index in [1.54, 1.807) is 35.0 Å². The fourth-order valence-electron chi connectivity index (χ4n) is 4.26. The van der Waals surface area contributed by atoms with E-state index in [0.717, 1.165) is 17.5 Å². The number of amides is 1. The van der Waals surface area contributed by atoms with Crippen molar-refractivity contribution < 1.29 is 18.0 Å². The summed E-state index contributed by atoms with van der Waals surface area (Å²) >= 11 is 0. The normalized spacial score (nSPS) is 24.9. The molecule has 10 heteroatoms. The van der Waals surface area contributed by atoms with Gasteiger partial charge in [0.1, 0.15) is 11.5 Å².